The fraction of sp³-hybridized carbons (Fsp3) is 0.550. The summed E-state index contributed by atoms with van der Waals surface area (Å²) in [7, 11) is 1.76. The van der Waals surface area contributed by atoms with Crippen molar-refractivity contribution in [2.24, 2.45) is 16.6 Å². The van der Waals surface area contributed by atoms with Gasteiger partial charge in [-0.2, -0.15) is 0 Å². The SMILES string of the molecule is CN=C(NCc1ccc(NC(=O)NC(C)C)cc1)N1CCCC(CC(N)=O)C1. The number of piperidine rings is 1. The molecule has 0 radical (unpaired) electrons. The number of aliphatic imine (C=N–C) groups is 1. The van der Waals surface area contributed by atoms with Gasteiger partial charge in [-0.15, -0.1) is 0 Å². The van der Waals surface area contributed by atoms with Crippen LogP contribution in [0, 0.1) is 5.92 Å². The number of nitrogens with one attached hydrogen (secondary N) is 3. The van der Waals surface area contributed by atoms with Gasteiger partial charge in [-0.3, -0.25) is 9.79 Å². The molecule has 1 atom stereocenters. The van der Waals surface area contributed by atoms with E-state index < -0.39 is 0 Å². The Hall–Kier alpha value is -2.77. The van der Waals surface area contributed by atoms with Crippen LogP contribution in [0.25, 0.3) is 0 Å². The van der Waals surface area contributed by atoms with Crippen LogP contribution in [-0.2, 0) is 11.3 Å². The molecule has 1 aliphatic rings. The second-order valence-electron chi connectivity index (χ2n) is 7.48. The zero-order chi connectivity index (χ0) is 20.5. The Labute approximate surface area is 167 Å². The maximum Gasteiger partial charge on any atom is 0.319 e. The van der Waals surface area contributed by atoms with Crippen LogP contribution < -0.4 is 21.7 Å². The van der Waals surface area contributed by atoms with Gasteiger partial charge < -0.3 is 26.6 Å². The minimum atomic E-state index is -0.245. The van der Waals surface area contributed by atoms with E-state index in [2.05, 4.69) is 25.8 Å². The summed E-state index contributed by atoms with van der Waals surface area (Å²) in [6.45, 7) is 6.17. The molecule has 0 bridgehead atoms. The number of likely N-dealkylation sites (tertiary alicyclic amines) is 1. The lowest BCUT2D eigenvalue weighted by Crippen LogP contribution is -2.46. The monoisotopic (exact) mass is 388 g/mol. The van der Waals surface area contributed by atoms with Gasteiger partial charge in [-0.25, -0.2) is 4.79 Å². The summed E-state index contributed by atoms with van der Waals surface area (Å²) >= 11 is 0. The Kier molecular flexibility index (Phi) is 8.10. The smallest absolute Gasteiger partial charge is 0.319 e. The molecule has 28 heavy (non-hydrogen) atoms. The Morgan fingerprint density at radius 2 is 2.00 bits per heavy atom. The second kappa shape index (κ2) is 10.5. The number of anilines is 1. The number of carbonyl (C=O) groups is 2. The second-order valence-corrected chi connectivity index (χ2v) is 7.48. The number of guanidine groups is 1. The van der Waals surface area contributed by atoms with Gasteiger partial charge in [0.2, 0.25) is 5.91 Å². The molecule has 0 aromatic heterocycles. The lowest BCUT2D eigenvalue weighted by atomic mass is 9.95. The van der Waals surface area contributed by atoms with Gasteiger partial charge in [0.15, 0.2) is 5.96 Å². The number of rotatable bonds is 6. The molecule has 3 amide bonds. The van der Waals surface area contributed by atoms with Crippen molar-refractivity contribution >= 4 is 23.6 Å². The van der Waals surface area contributed by atoms with Crippen molar-refractivity contribution in [2.45, 2.75) is 45.7 Å². The molecule has 1 saturated heterocycles. The van der Waals surface area contributed by atoms with Crippen LogP contribution >= 0.6 is 0 Å². The normalized spacial score (nSPS) is 17.4. The average molecular weight is 389 g/mol. The van der Waals surface area contributed by atoms with Crippen LogP contribution in [0.2, 0.25) is 0 Å². The van der Waals surface area contributed by atoms with Crippen molar-refractivity contribution < 1.29 is 9.59 Å². The highest BCUT2D eigenvalue weighted by atomic mass is 16.2. The number of benzene rings is 1. The highest BCUT2D eigenvalue weighted by molar-refractivity contribution is 5.89. The summed E-state index contributed by atoms with van der Waals surface area (Å²) in [6, 6.07) is 7.58. The predicted molar refractivity (Wildman–Crippen MR) is 112 cm³/mol. The third-order valence-electron chi connectivity index (χ3n) is 4.60. The van der Waals surface area contributed by atoms with Crippen LogP contribution in [0.15, 0.2) is 29.3 Å². The third-order valence-corrected chi connectivity index (χ3v) is 4.60. The lowest BCUT2D eigenvalue weighted by molar-refractivity contribution is -0.119. The molecule has 0 aliphatic carbocycles. The molecule has 154 valence electrons. The quantitative estimate of drug-likeness (QED) is 0.440. The highest BCUT2D eigenvalue weighted by Crippen LogP contribution is 2.19. The molecule has 1 aromatic carbocycles. The summed E-state index contributed by atoms with van der Waals surface area (Å²) in [5.41, 5.74) is 7.18. The standard InChI is InChI=1S/C20H32N6O2/c1-14(2)24-20(28)25-17-8-6-15(7-9-17)12-23-19(22-3)26-10-4-5-16(13-26)11-18(21)27/h6-9,14,16H,4-5,10-13H2,1-3H3,(H2,21,27)(H,22,23)(H2,24,25,28). The molecule has 5 N–H and O–H groups in total. The van der Waals surface area contributed by atoms with E-state index in [1.807, 2.05) is 38.1 Å². The molecule has 0 spiro atoms. The third kappa shape index (κ3) is 7.09. The van der Waals surface area contributed by atoms with Gasteiger partial charge >= 0.3 is 6.03 Å². The molecule has 1 aliphatic heterocycles. The zero-order valence-corrected chi connectivity index (χ0v) is 17.0. The summed E-state index contributed by atoms with van der Waals surface area (Å²) in [5, 5.41) is 8.98. The van der Waals surface area contributed by atoms with Crippen LogP contribution in [0.3, 0.4) is 0 Å². The van der Waals surface area contributed by atoms with E-state index >= 15 is 0 Å². The van der Waals surface area contributed by atoms with E-state index in [1.54, 1.807) is 7.05 Å². The van der Waals surface area contributed by atoms with Gasteiger partial charge in [0.05, 0.1) is 0 Å². The van der Waals surface area contributed by atoms with Crippen molar-refractivity contribution in [3.05, 3.63) is 29.8 Å². The van der Waals surface area contributed by atoms with E-state index in [-0.39, 0.29) is 23.9 Å². The largest absolute Gasteiger partial charge is 0.370 e. The molecule has 1 unspecified atom stereocenters. The van der Waals surface area contributed by atoms with Gasteiger partial charge in [-0.1, -0.05) is 12.1 Å². The Bertz CT molecular complexity index is 686. The molecular formula is C20H32N6O2. The van der Waals surface area contributed by atoms with Crippen molar-refractivity contribution in [2.75, 3.05) is 25.5 Å². The highest BCUT2D eigenvalue weighted by Gasteiger charge is 2.23. The Balaban J connectivity index is 1.86. The first-order chi connectivity index (χ1) is 13.4. The number of carbonyl (C=O) groups excluding carboxylic acids is 2. The van der Waals surface area contributed by atoms with Crippen LogP contribution in [0.1, 0.15) is 38.7 Å². The van der Waals surface area contributed by atoms with Crippen molar-refractivity contribution in [3.63, 3.8) is 0 Å². The summed E-state index contributed by atoms with van der Waals surface area (Å²) in [5.74, 6) is 0.866. The Morgan fingerprint density at radius 1 is 1.29 bits per heavy atom. The first-order valence-corrected chi connectivity index (χ1v) is 9.77. The number of hydrogen-bond donors (Lipinski definition) is 4. The van der Waals surface area contributed by atoms with E-state index in [0.29, 0.717) is 13.0 Å². The van der Waals surface area contributed by atoms with Crippen molar-refractivity contribution in [3.8, 4) is 0 Å². The van der Waals surface area contributed by atoms with Crippen LogP contribution in [0.4, 0.5) is 10.5 Å². The lowest BCUT2D eigenvalue weighted by Gasteiger charge is -2.34. The number of nitrogens with zero attached hydrogens (tertiary/aromatic N) is 2. The van der Waals surface area contributed by atoms with E-state index in [4.69, 9.17) is 5.73 Å². The van der Waals surface area contributed by atoms with Crippen LogP contribution in [-0.4, -0.2) is 49.0 Å². The molecular weight excluding hydrogens is 356 g/mol. The first kappa shape index (κ1) is 21.5. The minimum Gasteiger partial charge on any atom is -0.370 e. The van der Waals surface area contributed by atoms with E-state index in [9.17, 15) is 9.59 Å². The van der Waals surface area contributed by atoms with E-state index in [0.717, 1.165) is 43.1 Å². The maximum absolute atomic E-state index is 11.7. The Morgan fingerprint density at radius 3 is 2.61 bits per heavy atom. The van der Waals surface area contributed by atoms with Crippen molar-refractivity contribution in [1.29, 1.82) is 0 Å². The zero-order valence-electron chi connectivity index (χ0n) is 17.0. The summed E-state index contributed by atoms with van der Waals surface area (Å²) in [4.78, 5) is 29.5. The molecule has 0 saturated carbocycles. The van der Waals surface area contributed by atoms with Gasteiger partial charge in [0, 0.05) is 44.8 Å². The number of nitrogens with two attached hydrogens (primary N) is 1. The van der Waals surface area contributed by atoms with Gasteiger partial charge in [0.1, 0.15) is 0 Å². The first-order valence-electron chi connectivity index (χ1n) is 9.77. The van der Waals surface area contributed by atoms with E-state index in [1.165, 1.54) is 0 Å². The summed E-state index contributed by atoms with van der Waals surface area (Å²) < 4.78 is 0. The molecule has 8 nitrogen and oxygen atoms in total. The van der Waals surface area contributed by atoms with Crippen molar-refractivity contribution in [1.82, 2.24) is 15.5 Å². The minimum absolute atomic E-state index is 0.0904. The number of hydrogen-bond acceptors (Lipinski definition) is 3. The molecule has 1 heterocycles. The van der Waals surface area contributed by atoms with Gasteiger partial charge in [-0.05, 0) is 50.3 Å². The summed E-state index contributed by atoms with van der Waals surface area (Å²) in [6.07, 6.45) is 2.47. The molecule has 1 aromatic rings. The molecule has 2 rings (SSSR count). The maximum atomic E-state index is 11.7. The number of urea groups is 1. The molecule has 1 fully saturated rings. The molecule has 8 heteroatoms. The fourth-order valence-electron chi connectivity index (χ4n) is 3.36. The topological polar surface area (TPSA) is 112 Å². The average Bonchev–Trinajstić information content (AvgIpc) is 2.62. The van der Waals surface area contributed by atoms with Gasteiger partial charge in [0.25, 0.3) is 0 Å². The van der Waals surface area contributed by atoms with Crippen LogP contribution in [0.5, 0.6) is 0 Å². The number of primary amides is 1. The number of amides is 3. The predicted octanol–water partition coefficient (Wildman–Crippen LogP) is 1.88. The fourth-order valence-corrected chi connectivity index (χ4v) is 3.36.